The summed E-state index contributed by atoms with van der Waals surface area (Å²) in [5, 5.41) is 9.04. The molecule has 0 aliphatic heterocycles. The number of nitrogens with zero attached hydrogens (tertiary/aromatic N) is 2. The molecule has 0 aliphatic rings. The van der Waals surface area contributed by atoms with Gasteiger partial charge in [0.2, 0.25) is 0 Å². The summed E-state index contributed by atoms with van der Waals surface area (Å²) in [6, 6.07) is 14.8. The van der Waals surface area contributed by atoms with E-state index in [4.69, 9.17) is 10.00 Å². The molecule has 4 nitrogen and oxygen atoms in total. The van der Waals surface area contributed by atoms with E-state index in [-0.39, 0.29) is 11.7 Å². The van der Waals surface area contributed by atoms with Crippen LogP contribution in [0.25, 0.3) is 0 Å². The van der Waals surface area contributed by atoms with Gasteiger partial charge in [0.15, 0.2) is 6.10 Å². The fourth-order valence-electron chi connectivity index (χ4n) is 2.15. The molecule has 1 atom stereocenters. The second-order valence-electron chi connectivity index (χ2n) is 5.19. The van der Waals surface area contributed by atoms with Gasteiger partial charge in [-0.3, -0.25) is 4.79 Å². The third kappa shape index (κ3) is 4.30. The van der Waals surface area contributed by atoms with Crippen LogP contribution in [0.15, 0.2) is 48.5 Å². The van der Waals surface area contributed by atoms with Crippen molar-refractivity contribution in [3.05, 3.63) is 65.5 Å². The first kappa shape index (κ1) is 16.5. The van der Waals surface area contributed by atoms with Crippen LogP contribution in [-0.2, 0) is 11.3 Å². The Bertz CT molecular complexity index is 723. The van der Waals surface area contributed by atoms with E-state index >= 15 is 0 Å². The van der Waals surface area contributed by atoms with Crippen LogP contribution < -0.4 is 4.74 Å². The molecule has 0 saturated carbocycles. The van der Waals surface area contributed by atoms with Crippen molar-refractivity contribution in [1.82, 2.24) is 4.90 Å². The van der Waals surface area contributed by atoms with Crippen LogP contribution in [0, 0.1) is 17.1 Å². The number of carbonyl (C=O) groups is 1. The summed E-state index contributed by atoms with van der Waals surface area (Å²) in [7, 11) is 1.65. The first-order valence-corrected chi connectivity index (χ1v) is 7.16. The molecule has 1 amide bonds. The van der Waals surface area contributed by atoms with Crippen molar-refractivity contribution in [3.63, 3.8) is 0 Å². The van der Waals surface area contributed by atoms with Gasteiger partial charge in [-0.25, -0.2) is 4.39 Å². The lowest BCUT2D eigenvalue weighted by Crippen LogP contribution is -2.37. The molecule has 0 aromatic heterocycles. The summed E-state index contributed by atoms with van der Waals surface area (Å²) in [6.45, 7) is 1.99. The second-order valence-corrected chi connectivity index (χ2v) is 5.19. The molecule has 1 unspecified atom stereocenters. The molecule has 2 aromatic rings. The Morgan fingerprint density at radius 3 is 2.57 bits per heavy atom. The van der Waals surface area contributed by atoms with Crippen molar-refractivity contribution in [2.24, 2.45) is 0 Å². The minimum Gasteiger partial charge on any atom is -0.480 e. The van der Waals surface area contributed by atoms with Crippen LogP contribution in [0.2, 0.25) is 0 Å². The molecule has 0 aliphatic carbocycles. The highest BCUT2D eigenvalue weighted by Crippen LogP contribution is 2.19. The molecule has 118 valence electrons. The van der Waals surface area contributed by atoms with E-state index in [1.165, 1.54) is 17.0 Å². The summed E-state index contributed by atoms with van der Waals surface area (Å²) in [4.78, 5) is 13.9. The lowest BCUT2D eigenvalue weighted by atomic mass is 10.2. The molecule has 0 saturated heterocycles. The summed E-state index contributed by atoms with van der Waals surface area (Å²) < 4.78 is 18.5. The van der Waals surface area contributed by atoms with E-state index in [0.717, 1.165) is 5.56 Å². The van der Waals surface area contributed by atoms with E-state index in [1.54, 1.807) is 50.4 Å². The molecule has 2 rings (SSSR count). The Kier molecular flexibility index (Phi) is 5.32. The Morgan fingerprint density at radius 2 is 1.91 bits per heavy atom. The Labute approximate surface area is 134 Å². The average Bonchev–Trinajstić information content (AvgIpc) is 2.56. The van der Waals surface area contributed by atoms with E-state index < -0.39 is 6.10 Å². The van der Waals surface area contributed by atoms with Crippen LogP contribution in [0.3, 0.4) is 0 Å². The van der Waals surface area contributed by atoms with Crippen LogP contribution >= 0.6 is 0 Å². The molecule has 0 spiro atoms. The lowest BCUT2D eigenvalue weighted by Gasteiger charge is -2.22. The molecule has 0 fully saturated rings. The number of rotatable bonds is 5. The van der Waals surface area contributed by atoms with Gasteiger partial charge in [0.05, 0.1) is 5.56 Å². The predicted molar refractivity (Wildman–Crippen MR) is 84.1 cm³/mol. The van der Waals surface area contributed by atoms with Crippen LogP contribution in [0.1, 0.15) is 18.1 Å². The molecule has 0 bridgehead atoms. The van der Waals surface area contributed by atoms with Crippen molar-refractivity contribution in [3.8, 4) is 11.8 Å². The highest BCUT2D eigenvalue weighted by atomic mass is 19.1. The number of para-hydroxylation sites is 1. The van der Waals surface area contributed by atoms with Crippen molar-refractivity contribution in [2.45, 2.75) is 19.6 Å². The van der Waals surface area contributed by atoms with Crippen molar-refractivity contribution in [1.29, 1.82) is 5.26 Å². The Balaban J connectivity index is 2.01. The summed E-state index contributed by atoms with van der Waals surface area (Å²) in [6.07, 6.45) is -0.727. The third-order valence-electron chi connectivity index (χ3n) is 3.37. The molecular weight excluding hydrogens is 295 g/mol. The fourth-order valence-corrected chi connectivity index (χ4v) is 2.15. The minimum absolute atomic E-state index is 0.220. The zero-order valence-corrected chi connectivity index (χ0v) is 13.0. The number of nitriles is 1. The number of likely N-dealkylation sites (N-methyl/N-ethyl adjacent to an activating group) is 1. The maximum Gasteiger partial charge on any atom is 0.263 e. The number of benzene rings is 2. The van der Waals surface area contributed by atoms with E-state index in [0.29, 0.717) is 17.9 Å². The maximum atomic E-state index is 12.9. The third-order valence-corrected chi connectivity index (χ3v) is 3.37. The van der Waals surface area contributed by atoms with Gasteiger partial charge in [0, 0.05) is 13.6 Å². The SMILES string of the molecule is CC(Oc1ccccc1C#N)C(=O)N(C)Cc1ccc(F)cc1. The van der Waals surface area contributed by atoms with E-state index in [9.17, 15) is 9.18 Å². The molecule has 2 aromatic carbocycles. The van der Waals surface area contributed by atoms with Gasteiger partial charge in [-0.1, -0.05) is 24.3 Å². The van der Waals surface area contributed by atoms with Crippen LogP contribution in [0.5, 0.6) is 5.75 Å². The maximum absolute atomic E-state index is 12.9. The molecule has 0 radical (unpaired) electrons. The molecule has 0 N–H and O–H groups in total. The van der Waals surface area contributed by atoms with Crippen LogP contribution in [-0.4, -0.2) is 24.0 Å². The summed E-state index contributed by atoms with van der Waals surface area (Å²) in [5.41, 5.74) is 1.21. The molecule has 5 heteroatoms. The number of ether oxygens (including phenoxy) is 1. The van der Waals surface area contributed by atoms with Crippen molar-refractivity contribution < 1.29 is 13.9 Å². The smallest absolute Gasteiger partial charge is 0.263 e. The van der Waals surface area contributed by atoms with Crippen molar-refractivity contribution >= 4 is 5.91 Å². The highest BCUT2D eigenvalue weighted by Gasteiger charge is 2.20. The van der Waals surface area contributed by atoms with Gasteiger partial charge < -0.3 is 9.64 Å². The quantitative estimate of drug-likeness (QED) is 0.852. The van der Waals surface area contributed by atoms with Crippen molar-refractivity contribution in [2.75, 3.05) is 7.05 Å². The van der Waals surface area contributed by atoms with E-state index in [1.807, 2.05) is 6.07 Å². The number of hydrogen-bond donors (Lipinski definition) is 0. The van der Waals surface area contributed by atoms with Gasteiger partial charge in [-0.05, 0) is 36.8 Å². The van der Waals surface area contributed by atoms with Gasteiger partial charge >= 0.3 is 0 Å². The Morgan fingerprint density at radius 1 is 1.26 bits per heavy atom. The van der Waals surface area contributed by atoms with Gasteiger partial charge in [0.1, 0.15) is 17.6 Å². The largest absolute Gasteiger partial charge is 0.480 e. The molecule has 23 heavy (non-hydrogen) atoms. The second kappa shape index (κ2) is 7.41. The minimum atomic E-state index is -0.727. The number of halogens is 1. The first-order chi connectivity index (χ1) is 11.0. The van der Waals surface area contributed by atoms with E-state index in [2.05, 4.69) is 0 Å². The van der Waals surface area contributed by atoms with Gasteiger partial charge in [-0.15, -0.1) is 0 Å². The zero-order valence-electron chi connectivity index (χ0n) is 13.0. The molecular formula is C18H17FN2O2. The van der Waals surface area contributed by atoms with Gasteiger partial charge in [-0.2, -0.15) is 5.26 Å². The number of hydrogen-bond acceptors (Lipinski definition) is 3. The van der Waals surface area contributed by atoms with Gasteiger partial charge in [0.25, 0.3) is 5.91 Å². The fraction of sp³-hybridized carbons (Fsp3) is 0.222. The lowest BCUT2D eigenvalue weighted by molar-refractivity contribution is -0.137. The van der Waals surface area contributed by atoms with Crippen LogP contribution in [0.4, 0.5) is 4.39 Å². The summed E-state index contributed by atoms with van der Waals surface area (Å²) in [5.74, 6) is -0.152. The number of amides is 1. The summed E-state index contributed by atoms with van der Waals surface area (Å²) >= 11 is 0. The normalized spacial score (nSPS) is 11.4. The number of carbonyl (C=O) groups excluding carboxylic acids is 1. The zero-order chi connectivity index (χ0) is 16.8. The standard InChI is InChI=1S/C18H17FN2O2/c1-13(23-17-6-4-3-5-15(17)11-20)18(22)21(2)12-14-7-9-16(19)10-8-14/h3-10,13H,12H2,1-2H3. The molecule has 0 heterocycles. The monoisotopic (exact) mass is 312 g/mol. The predicted octanol–water partition coefficient (Wildman–Crippen LogP) is 3.12. The average molecular weight is 312 g/mol. The topological polar surface area (TPSA) is 53.3 Å². The Hall–Kier alpha value is -2.87. The first-order valence-electron chi connectivity index (χ1n) is 7.16. The highest BCUT2D eigenvalue weighted by molar-refractivity contribution is 5.80.